The summed E-state index contributed by atoms with van der Waals surface area (Å²) in [6, 6.07) is 10.4. The number of halogens is 3. The van der Waals surface area contributed by atoms with Crippen LogP contribution in [-0.2, 0) is 27.5 Å². The van der Waals surface area contributed by atoms with Crippen LogP contribution in [0.3, 0.4) is 0 Å². The van der Waals surface area contributed by atoms with Gasteiger partial charge in [0, 0.05) is 25.7 Å². The Morgan fingerprint density at radius 1 is 1.13 bits per heavy atom. The Morgan fingerprint density at radius 2 is 1.77 bits per heavy atom. The Hall–Kier alpha value is -2.43. The van der Waals surface area contributed by atoms with Crippen molar-refractivity contribution >= 4 is 16.0 Å². The smallest absolute Gasteiger partial charge is 0.416 e. The Bertz CT molecular complexity index is 1020. The van der Waals surface area contributed by atoms with E-state index in [0.29, 0.717) is 38.0 Å². The number of ether oxygens (including phenoxy) is 1. The molecule has 2 aromatic rings. The molecule has 2 aromatic carbocycles. The molecule has 0 aliphatic carbocycles. The number of rotatable bonds is 6. The second-order valence-electron chi connectivity index (χ2n) is 7.39. The zero-order chi connectivity index (χ0) is 22.6. The molecular formula is C21H23F3N2O4S. The molecule has 1 N–H and O–H groups in total. The molecule has 1 saturated heterocycles. The van der Waals surface area contributed by atoms with Crippen LogP contribution < -0.4 is 4.72 Å². The summed E-state index contributed by atoms with van der Waals surface area (Å²) in [6.07, 6.45) is -3.30. The number of alkyl halides is 3. The molecule has 0 amide bonds. The predicted octanol–water partition coefficient (Wildman–Crippen LogP) is 3.43. The highest BCUT2D eigenvalue weighted by Crippen LogP contribution is 2.30. The van der Waals surface area contributed by atoms with Gasteiger partial charge in [-0.05, 0) is 48.7 Å². The van der Waals surface area contributed by atoms with Crippen LogP contribution in [0.5, 0.6) is 0 Å². The van der Waals surface area contributed by atoms with Crippen molar-refractivity contribution in [3.05, 3.63) is 65.2 Å². The fourth-order valence-corrected chi connectivity index (χ4v) is 4.79. The summed E-state index contributed by atoms with van der Waals surface area (Å²) >= 11 is 0. The molecule has 0 aromatic heterocycles. The van der Waals surface area contributed by atoms with E-state index in [4.69, 9.17) is 0 Å². The molecule has 3 rings (SSSR count). The third kappa shape index (κ3) is 6.05. The van der Waals surface area contributed by atoms with Crippen LogP contribution >= 0.6 is 0 Å². The van der Waals surface area contributed by atoms with E-state index in [1.165, 1.54) is 37.4 Å². The van der Waals surface area contributed by atoms with Gasteiger partial charge in [0.2, 0.25) is 10.0 Å². The number of hydrogen-bond donors (Lipinski definition) is 1. The van der Waals surface area contributed by atoms with Gasteiger partial charge in [0.05, 0.1) is 23.1 Å². The normalized spacial score (nSPS) is 16.3. The number of carbonyl (C=O) groups is 1. The molecule has 0 saturated carbocycles. The number of nitrogens with one attached hydrogen (secondary N) is 1. The van der Waals surface area contributed by atoms with E-state index in [1.807, 2.05) is 4.90 Å². The molecule has 10 heteroatoms. The molecule has 0 unspecified atom stereocenters. The van der Waals surface area contributed by atoms with Crippen molar-refractivity contribution in [3.8, 4) is 0 Å². The molecule has 6 nitrogen and oxygen atoms in total. The second kappa shape index (κ2) is 9.37. The van der Waals surface area contributed by atoms with E-state index in [9.17, 15) is 26.4 Å². The minimum Gasteiger partial charge on any atom is -0.465 e. The number of esters is 1. The summed E-state index contributed by atoms with van der Waals surface area (Å²) < 4.78 is 71.1. The van der Waals surface area contributed by atoms with E-state index in [2.05, 4.69) is 9.46 Å². The van der Waals surface area contributed by atoms with Crippen LogP contribution in [0.25, 0.3) is 0 Å². The SMILES string of the molecule is COC(=O)c1ccc(S(=O)(=O)NC2CCN(Cc3cccc(C(F)(F)F)c3)CC2)cc1. The van der Waals surface area contributed by atoms with Gasteiger partial charge in [-0.2, -0.15) is 13.2 Å². The number of likely N-dealkylation sites (tertiary alicyclic amines) is 1. The largest absolute Gasteiger partial charge is 0.465 e. The number of carbonyl (C=O) groups excluding carboxylic acids is 1. The highest BCUT2D eigenvalue weighted by atomic mass is 32.2. The lowest BCUT2D eigenvalue weighted by molar-refractivity contribution is -0.137. The number of sulfonamides is 1. The van der Waals surface area contributed by atoms with Crippen LogP contribution in [0, 0.1) is 0 Å². The van der Waals surface area contributed by atoms with Crippen molar-refractivity contribution in [2.24, 2.45) is 0 Å². The molecular weight excluding hydrogens is 433 g/mol. The molecule has 0 bridgehead atoms. The molecule has 0 atom stereocenters. The summed E-state index contributed by atoms with van der Waals surface area (Å²) in [6.45, 7) is 1.49. The number of benzene rings is 2. The lowest BCUT2D eigenvalue weighted by Crippen LogP contribution is -2.44. The third-order valence-electron chi connectivity index (χ3n) is 5.16. The maximum absolute atomic E-state index is 12.9. The van der Waals surface area contributed by atoms with Crippen LogP contribution in [0.4, 0.5) is 13.2 Å². The van der Waals surface area contributed by atoms with Gasteiger partial charge in [0.1, 0.15) is 0 Å². The van der Waals surface area contributed by atoms with Crippen molar-refractivity contribution < 1.29 is 31.1 Å². The Labute approximate surface area is 179 Å². The van der Waals surface area contributed by atoms with Crippen molar-refractivity contribution in [2.45, 2.75) is 36.5 Å². The maximum atomic E-state index is 12.9. The van der Waals surface area contributed by atoms with E-state index >= 15 is 0 Å². The summed E-state index contributed by atoms with van der Waals surface area (Å²) in [5.41, 5.74) is 0.148. The molecule has 1 aliphatic rings. The van der Waals surface area contributed by atoms with Gasteiger partial charge in [0.25, 0.3) is 0 Å². The van der Waals surface area contributed by atoms with Crippen LogP contribution in [0.2, 0.25) is 0 Å². The fourth-order valence-electron chi connectivity index (χ4n) is 3.49. The molecule has 0 radical (unpaired) electrons. The van der Waals surface area contributed by atoms with Crippen LogP contribution in [0.1, 0.15) is 34.3 Å². The molecule has 1 fully saturated rings. The summed E-state index contributed by atoms with van der Waals surface area (Å²) in [5, 5.41) is 0. The van der Waals surface area contributed by atoms with Crippen LogP contribution in [0.15, 0.2) is 53.4 Å². The molecule has 1 aliphatic heterocycles. The molecule has 0 spiro atoms. The Balaban J connectivity index is 1.55. The average Bonchev–Trinajstić information content (AvgIpc) is 2.74. The highest BCUT2D eigenvalue weighted by Gasteiger charge is 2.31. The maximum Gasteiger partial charge on any atom is 0.416 e. The van der Waals surface area contributed by atoms with Gasteiger partial charge in [-0.15, -0.1) is 0 Å². The first-order chi connectivity index (χ1) is 14.6. The van der Waals surface area contributed by atoms with Gasteiger partial charge in [-0.1, -0.05) is 18.2 Å². The van der Waals surface area contributed by atoms with Crippen LogP contribution in [-0.4, -0.2) is 45.5 Å². The zero-order valence-electron chi connectivity index (χ0n) is 16.9. The van der Waals surface area contributed by atoms with E-state index < -0.39 is 27.7 Å². The number of nitrogens with zero attached hydrogens (tertiary/aromatic N) is 1. The van der Waals surface area contributed by atoms with E-state index in [-0.39, 0.29) is 16.5 Å². The van der Waals surface area contributed by atoms with Crippen molar-refractivity contribution in [2.75, 3.05) is 20.2 Å². The quantitative estimate of drug-likeness (QED) is 0.674. The van der Waals surface area contributed by atoms with Gasteiger partial charge in [-0.3, -0.25) is 4.90 Å². The monoisotopic (exact) mass is 456 g/mol. The topological polar surface area (TPSA) is 75.7 Å². The van der Waals surface area contributed by atoms with Gasteiger partial charge in [0.15, 0.2) is 0 Å². The minimum atomic E-state index is -4.38. The van der Waals surface area contributed by atoms with E-state index in [0.717, 1.165) is 12.1 Å². The summed E-state index contributed by atoms with van der Waals surface area (Å²) in [4.78, 5) is 13.5. The standard InChI is InChI=1S/C21H23F3N2O4S/c1-30-20(27)16-5-7-19(8-6-16)31(28,29)25-18-9-11-26(12-10-18)14-15-3-2-4-17(13-15)21(22,23)24/h2-8,13,18,25H,9-12,14H2,1H3. The summed E-state index contributed by atoms with van der Waals surface area (Å²) in [5.74, 6) is -0.551. The Kier molecular flexibility index (Phi) is 7.03. The zero-order valence-corrected chi connectivity index (χ0v) is 17.7. The lowest BCUT2D eigenvalue weighted by atomic mass is 10.0. The second-order valence-corrected chi connectivity index (χ2v) is 9.10. The first-order valence-electron chi connectivity index (χ1n) is 9.68. The third-order valence-corrected chi connectivity index (χ3v) is 6.69. The lowest BCUT2D eigenvalue weighted by Gasteiger charge is -2.32. The first kappa shape index (κ1) is 23.2. The first-order valence-corrected chi connectivity index (χ1v) is 11.2. The number of methoxy groups -OCH3 is 1. The Morgan fingerprint density at radius 3 is 2.35 bits per heavy atom. The average molecular weight is 456 g/mol. The van der Waals surface area contributed by atoms with Gasteiger partial charge >= 0.3 is 12.1 Å². The molecule has 31 heavy (non-hydrogen) atoms. The van der Waals surface area contributed by atoms with Crippen molar-refractivity contribution in [3.63, 3.8) is 0 Å². The van der Waals surface area contributed by atoms with Gasteiger partial charge < -0.3 is 4.74 Å². The molecule has 168 valence electrons. The van der Waals surface area contributed by atoms with Gasteiger partial charge in [-0.25, -0.2) is 17.9 Å². The number of hydrogen-bond acceptors (Lipinski definition) is 5. The van der Waals surface area contributed by atoms with E-state index in [1.54, 1.807) is 6.07 Å². The number of piperidine rings is 1. The fraction of sp³-hybridized carbons (Fsp3) is 0.381. The minimum absolute atomic E-state index is 0.0477. The summed E-state index contributed by atoms with van der Waals surface area (Å²) in [7, 11) is -2.51. The highest BCUT2D eigenvalue weighted by molar-refractivity contribution is 7.89. The molecule has 1 heterocycles. The van der Waals surface area contributed by atoms with Crippen molar-refractivity contribution in [1.29, 1.82) is 0 Å². The predicted molar refractivity (Wildman–Crippen MR) is 108 cm³/mol. The van der Waals surface area contributed by atoms with Crippen molar-refractivity contribution in [1.82, 2.24) is 9.62 Å².